The third-order valence-electron chi connectivity index (χ3n) is 4.01. The van der Waals surface area contributed by atoms with E-state index in [1.165, 1.54) is 0 Å². The summed E-state index contributed by atoms with van der Waals surface area (Å²) in [5.74, 6) is -0.333. The van der Waals surface area contributed by atoms with E-state index in [0.29, 0.717) is 17.5 Å². The quantitative estimate of drug-likeness (QED) is 0.908. The van der Waals surface area contributed by atoms with Crippen molar-refractivity contribution < 1.29 is 9.21 Å². The molecule has 0 bridgehead atoms. The molecule has 0 atom stereocenters. The molecule has 6 heteroatoms. The zero-order chi connectivity index (χ0) is 14.8. The fourth-order valence-electron chi connectivity index (χ4n) is 2.71. The number of carbonyl (C=O) groups is 1. The number of hydrogen-bond donors (Lipinski definition) is 1. The average Bonchev–Trinajstić information content (AvgIpc) is 2.86. The number of likely N-dealkylation sites (N-methyl/N-ethyl adjacent to an activating group) is 1. The first-order chi connectivity index (χ1) is 10.2. The highest BCUT2D eigenvalue weighted by atomic mass is 16.4. The molecule has 1 aliphatic heterocycles. The number of nitrogens with zero attached hydrogens (tertiary/aromatic N) is 2. The number of hydrogen-bond acceptors (Lipinski definition) is 4. The molecular formula is C15H19N3O3. The predicted octanol–water partition coefficient (Wildman–Crippen LogP) is 0.828. The van der Waals surface area contributed by atoms with Crippen molar-refractivity contribution in [3.05, 3.63) is 34.3 Å². The largest absolute Gasteiger partial charge is 0.417 e. The minimum atomic E-state index is -0.468. The maximum Gasteiger partial charge on any atom is 0.417 e. The normalized spacial score (nSPS) is 16.5. The number of carbonyl (C=O) groups excluding carboxylic acids is 1. The molecule has 1 aromatic heterocycles. The Bertz CT molecular complexity index is 695. The molecule has 21 heavy (non-hydrogen) atoms. The molecule has 2 aromatic rings. The number of fused-ring (bicyclic) bond motifs is 1. The molecular weight excluding hydrogens is 270 g/mol. The van der Waals surface area contributed by atoms with Crippen molar-refractivity contribution in [2.24, 2.45) is 0 Å². The summed E-state index contributed by atoms with van der Waals surface area (Å²) in [5, 5.41) is 0. The van der Waals surface area contributed by atoms with Crippen LogP contribution in [0.25, 0.3) is 11.1 Å². The molecule has 0 radical (unpaired) electrons. The van der Waals surface area contributed by atoms with E-state index in [-0.39, 0.29) is 5.91 Å². The lowest BCUT2D eigenvalue weighted by molar-refractivity contribution is -0.132. The Labute approximate surface area is 122 Å². The smallest absolute Gasteiger partial charge is 0.408 e. The molecule has 6 nitrogen and oxygen atoms in total. The highest BCUT2D eigenvalue weighted by Crippen LogP contribution is 2.14. The number of nitrogens with one attached hydrogen (secondary N) is 1. The summed E-state index contributed by atoms with van der Waals surface area (Å²) in [6.07, 6.45) is 0.356. The summed E-state index contributed by atoms with van der Waals surface area (Å²) in [4.78, 5) is 30.3. The molecule has 3 rings (SSSR count). The molecule has 1 fully saturated rings. The monoisotopic (exact) mass is 289 g/mol. The summed E-state index contributed by atoms with van der Waals surface area (Å²) < 4.78 is 4.96. The molecule has 1 N–H and O–H groups in total. The van der Waals surface area contributed by atoms with E-state index >= 15 is 0 Å². The number of aromatic nitrogens is 1. The predicted molar refractivity (Wildman–Crippen MR) is 79.2 cm³/mol. The van der Waals surface area contributed by atoms with Gasteiger partial charge in [0.05, 0.1) is 11.9 Å². The minimum Gasteiger partial charge on any atom is -0.408 e. The summed E-state index contributed by atoms with van der Waals surface area (Å²) in [5.41, 5.74) is 2.05. The Morgan fingerprint density at radius 2 is 2.05 bits per heavy atom. The van der Waals surface area contributed by atoms with Crippen LogP contribution >= 0.6 is 0 Å². The van der Waals surface area contributed by atoms with Gasteiger partial charge in [0, 0.05) is 26.2 Å². The van der Waals surface area contributed by atoms with E-state index in [0.717, 1.165) is 38.3 Å². The van der Waals surface area contributed by atoms with E-state index in [1.54, 1.807) is 12.1 Å². The second kappa shape index (κ2) is 5.73. The lowest BCUT2D eigenvalue weighted by Crippen LogP contribution is -2.48. The number of aromatic amines is 1. The van der Waals surface area contributed by atoms with Gasteiger partial charge in [0.15, 0.2) is 5.58 Å². The second-order valence-corrected chi connectivity index (χ2v) is 5.34. The fraction of sp³-hybridized carbons (Fsp3) is 0.467. The van der Waals surface area contributed by atoms with Crippen LogP contribution in [0.4, 0.5) is 0 Å². The Hall–Kier alpha value is -2.08. The summed E-state index contributed by atoms with van der Waals surface area (Å²) in [6, 6.07) is 5.37. The van der Waals surface area contributed by atoms with E-state index in [1.807, 2.05) is 11.0 Å². The third-order valence-corrected chi connectivity index (χ3v) is 4.01. The van der Waals surface area contributed by atoms with E-state index < -0.39 is 5.76 Å². The van der Waals surface area contributed by atoms with Crippen LogP contribution in [0.3, 0.4) is 0 Å². The maximum atomic E-state index is 12.3. The highest BCUT2D eigenvalue weighted by Gasteiger charge is 2.20. The average molecular weight is 289 g/mol. The van der Waals surface area contributed by atoms with Crippen LogP contribution in [-0.2, 0) is 11.2 Å². The Morgan fingerprint density at radius 1 is 1.29 bits per heavy atom. The zero-order valence-electron chi connectivity index (χ0n) is 12.1. The van der Waals surface area contributed by atoms with Gasteiger partial charge in [0.1, 0.15) is 0 Å². The first-order valence-electron chi connectivity index (χ1n) is 7.27. The topological polar surface area (TPSA) is 69.5 Å². The van der Waals surface area contributed by atoms with Gasteiger partial charge in [-0.25, -0.2) is 4.79 Å². The van der Waals surface area contributed by atoms with Crippen molar-refractivity contribution in [2.75, 3.05) is 32.7 Å². The summed E-state index contributed by atoms with van der Waals surface area (Å²) >= 11 is 0. The molecule has 1 amide bonds. The van der Waals surface area contributed by atoms with Crippen LogP contribution < -0.4 is 5.76 Å². The number of oxazole rings is 1. The van der Waals surface area contributed by atoms with Gasteiger partial charge in [0.2, 0.25) is 5.91 Å². The molecule has 1 aromatic carbocycles. The van der Waals surface area contributed by atoms with Gasteiger partial charge in [0.25, 0.3) is 0 Å². The van der Waals surface area contributed by atoms with Crippen LogP contribution in [0.2, 0.25) is 0 Å². The van der Waals surface area contributed by atoms with Crippen molar-refractivity contribution in [1.29, 1.82) is 0 Å². The SMILES string of the molecule is CCN1CCN(C(=O)Cc2ccc3oc(=O)[nH]c3c2)CC1. The molecule has 112 valence electrons. The van der Waals surface area contributed by atoms with Crippen molar-refractivity contribution in [3.8, 4) is 0 Å². The first-order valence-corrected chi connectivity index (χ1v) is 7.27. The highest BCUT2D eigenvalue weighted by molar-refractivity contribution is 5.81. The van der Waals surface area contributed by atoms with Gasteiger partial charge in [-0.2, -0.15) is 0 Å². The zero-order valence-corrected chi connectivity index (χ0v) is 12.1. The van der Waals surface area contributed by atoms with Gasteiger partial charge in [-0.3, -0.25) is 9.78 Å². The number of rotatable bonds is 3. The minimum absolute atomic E-state index is 0.135. The van der Waals surface area contributed by atoms with E-state index in [4.69, 9.17) is 4.42 Å². The molecule has 0 spiro atoms. The Balaban J connectivity index is 1.67. The lowest BCUT2D eigenvalue weighted by atomic mass is 10.1. The first kappa shape index (κ1) is 13.9. The van der Waals surface area contributed by atoms with Crippen LogP contribution in [0.15, 0.2) is 27.4 Å². The Morgan fingerprint density at radius 3 is 2.76 bits per heavy atom. The molecule has 0 unspecified atom stereocenters. The summed E-state index contributed by atoms with van der Waals surface area (Å²) in [6.45, 7) is 6.63. The molecule has 1 aliphatic rings. The molecule has 2 heterocycles. The summed E-state index contributed by atoms with van der Waals surface area (Å²) in [7, 11) is 0. The molecule has 0 saturated carbocycles. The third kappa shape index (κ3) is 3.00. The standard InChI is InChI=1S/C15H19N3O3/c1-2-17-5-7-18(8-6-17)14(19)10-11-3-4-13-12(9-11)16-15(20)21-13/h3-4,9H,2,5-8,10H2,1H3,(H,16,20). The van der Waals surface area contributed by atoms with Gasteiger partial charge < -0.3 is 14.2 Å². The number of amides is 1. The van der Waals surface area contributed by atoms with Gasteiger partial charge in [-0.1, -0.05) is 13.0 Å². The van der Waals surface area contributed by atoms with Crippen LogP contribution in [0.5, 0.6) is 0 Å². The Kier molecular flexibility index (Phi) is 3.79. The van der Waals surface area contributed by atoms with Crippen LogP contribution in [0, 0.1) is 0 Å². The fourth-order valence-corrected chi connectivity index (χ4v) is 2.71. The molecule has 0 aliphatic carbocycles. The van der Waals surface area contributed by atoms with Crippen molar-refractivity contribution >= 4 is 17.0 Å². The van der Waals surface area contributed by atoms with Crippen molar-refractivity contribution in [1.82, 2.24) is 14.8 Å². The van der Waals surface area contributed by atoms with E-state index in [2.05, 4.69) is 16.8 Å². The van der Waals surface area contributed by atoms with Crippen LogP contribution in [0.1, 0.15) is 12.5 Å². The number of H-pyrrole nitrogens is 1. The van der Waals surface area contributed by atoms with E-state index in [9.17, 15) is 9.59 Å². The van der Waals surface area contributed by atoms with Crippen molar-refractivity contribution in [2.45, 2.75) is 13.3 Å². The van der Waals surface area contributed by atoms with Crippen LogP contribution in [-0.4, -0.2) is 53.4 Å². The van der Waals surface area contributed by atoms with Gasteiger partial charge in [-0.15, -0.1) is 0 Å². The maximum absolute atomic E-state index is 12.3. The second-order valence-electron chi connectivity index (χ2n) is 5.34. The van der Waals surface area contributed by atoms with Gasteiger partial charge in [-0.05, 0) is 24.2 Å². The number of piperazine rings is 1. The van der Waals surface area contributed by atoms with Crippen molar-refractivity contribution in [3.63, 3.8) is 0 Å². The number of benzene rings is 1. The van der Waals surface area contributed by atoms with Gasteiger partial charge >= 0.3 is 5.76 Å². The molecule has 1 saturated heterocycles. The lowest BCUT2D eigenvalue weighted by Gasteiger charge is -2.34.